The maximum atomic E-state index is 12.3. The third-order valence-electron chi connectivity index (χ3n) is 4.78. The maximum absolute atomic E-state index is 12.3. The highest BCUT2D eigenvalue weighted by Crippen LogP contribution is 2.27. The topological polar surface area (TPSA) is 81.4 Å². The van der Waals surface area contributed by atoms with Crippen molar-refractivity contribution in [1.82, 2.24) is 5.32 Å². The Hall–Kier alpha value is -0.810. The second-order valence-corrected chi connectivity index (χ2v) is 6.43. The van der Waals surface area contributed by atoms with Crippen LogP contribution in [-0.4, -0.2) is 30.6 Å². The summed E-state index contributed by atoms with van der Waals surface area (Å²) in [5.74, 6) is 0.169. The van der Waals surface area contributed by atoms with Crippen LogP contribution in [0.15, 0.2) is 0 Å². The summed E-state index contributed by atoms with van der Waals surface area (Å²) in [4.78, 5) is 24.0. The van der Waals surface area contributed by atoms with Gasteiger partial charge in [-0.3, -0.25) is 9.59 Å². The Bertz CT molecular complexity index is 370. The third-order valence-corrected chi connectivity index (χ3v) is 4.78. The fourth-order valence-corrected chi connectivity index (χ4v) is 3.52. The molecule has 2 rings (SSSR count). The van der Waals surface area contributed by atoms with E-state index >= 15 is 0 Å². The molecule has 6 heteroatoms. The molecule has 2 atom stereocenters. The third kappa shape index (κ3) is 5.43. The highest BCUT2D eigenvalue weighted by Gasteiger charge is 2.30. The first-order valence-corrected chi connectivity index (χ1v) is 8.32. The minimum Gasteiger partial charge on any atom is -0.466 e. The highest BCUT2D eigenvalue weighted by atomic mass is 35.5. The lowest BCUT2D eigenvalue weighted by molar-refractivity contribution is -0.149. The summed E-state index contributed by atoms with van der Waals surface area (Å²) >= 11 is 0. The fraction of sp³-hybridized carbons (Fsp3) is 0.875. The molecule has 0 aromatic rings. The molecular weight excluding hydrogens is 304 g/mol. The van der Waals surface area contributed by atoms with E-state index in [4.69, 9.17) is 10.5 Å². The van der Waals surface area contributed by atoms with Gasteiger partial charge in [-0.15, -0.1) is 12.4 Å². The molecule has 2 unspecified atom stereocenters. The zero-order chi connectivity index (χ0) is 15.2. The number of hydrogen-bond acceptors (Lipinski definition) is 4. The lowest BCUT2D eigenvalue weighted by atomic mass is 9.83. The molecule has 3 N–H and O–H groups in total. The number of nitrogens with one attached hydrogen (secondary N) is 1. The van der Waals surface area contributed by atoms with Gasteiger partial charge in [0.2, 0.25) is 5.91 Å². The predicted octanol–water partition coefficient (Wildman–Crippen LogP) is 2.16. The van der Waals surface area contributed by atoms with E-state index in [0.717, 1.165) is 51.4 Å². The van der Waals surface area contributed by atoms with Gasteiger partial charge in [-0.2, -0.15) is 0 Å². The van der Waals surface area contributed by atoms with Crippen LogP contribution in [0.4, 0.5) is 0 Å². The summed E-state index contributed by atoms with van der Waals surface area (Å²) in [7, 11) is 0. The van der Waals surface area contributed by atoms with Gasteiger partial charge in [0.25, 0.3) is 0 Å². The summed E-state index contributed by atoms with van der Waals surface area (Å²) in [6.45, 7) is 2.27. The van der Waals surface area contributed by atoms with Crippen LogP contribution < -0.4 is 11.1 Å². The standard InChI is InChI=1S/C16H28N2O3.ClH/c1-2-21-16(20)11-6-8-14(9-7-11)18-15(19)12-4-3-5-13(17)10-12;/h11-14H,2-10,17H2,1H3,(H,18,19);1H. The first kappa shape index (κ1) is 19.2. The van der Waals surface area contributed by atoms with Crippen LogP contribution in [0.2, 0.25) is 0 Å². The summed E-state index contributed by atoms with van der Waals surface area (Å²) in [5, 5.41) is 3.15. The summed E-state index contributed by atoms with van der Waals surface area (Å²) in [6.07, 6.45) is 7.22. The molecule has 0 aromatic carbocycles. The summed E-state index contributed by atoms with van der Waals surface area (Å²) in [6, 6.07) is 0.385. The van der Waals surface area contributed by atoms with Crippen LogP contribution in [0.3, 0.4) is 0 Å². The largest absolute Gasteiger partial charge is 0.466 e. The fourth-order valence-electron chi connectivity index (χ4n) is 3.52. The monoisotopic (exact) mass is 332 g/mol. The zero-order valence-electron chi connectivity index (χ0n) is 13.4. The Balaban J connectivity index is 0.00000242. The van der Waals surface area contributed by atoms with Crippen molar-refractivity contribution < 1.29 is 14.3 Å². The van der Waals surface area contributed by atoms with Crippen molar-refractivity contribution in [3.8, 4) is 0 Å². The smallest absolute Gasteiger partial charge is 0.308 e. The van der Waals surface area contributed by atoms with Gasteiger partial charge >= 0.3 is 5.97 Å². The van der Waals surface area contributed by atoms with E-state index in [1.807, 2.05) is 6.92 Å². The van der Waals surface area contributed by atoms with Crippen molar-refractivity contribution in [3.05, 3.63) is 0 Å². The Morgan fingerprint density at radius 1 is 1.09 bits per heavy atom. The Morgan fingerprint density at radius 3 is 2.36 bits per heavy atom. The van der Waals surface area contributed by atoms with Crippen molar-refractivity contribution in [2.24, 2.45) is 17.6 Å². The van der Waals surface area contributed by atoms with Gasteiger partial charge in [-0.05, 0) is 51.9 Å². The van der Waals surface area contributed by atoms with Crippen molar-refractivity contribution in [1.29, 1.82) is 0 Å². The number of esters is 1. The predicted molar refractivity (Wildman–Crippen MR) is 87.7 cm³/mol. The number of carbonyl (C=O) groups is 2. The van der Waals surface area contributed by atoms with Gasteiger partial charge in [0.05, 0.1) is 12.5 Å². The second kappa shape index (κ2) is 9.36. The van der Waals surface area contributed by atoms with Gasteiger partial charge in [0.1, 0.15) is 0 Å². The molecule has 1 amide bonds. The second-order valence-electron chi connectivity index (χ2n) is 6.43. The van der Waals surface area contributed by atoms with Crippen LogP contribution >= 0.6 is 12.4 Å². The first-order chi connectivity index (χ1) is 10.1. The average molecular weight is 333 g/mol. The molecule has 22 heavy (non-hydrogen) atoms. The quantitative estimate of drug-likeness (QED) is 0.773. The first-order valence-electron chi connectivity index (χ1n) is 8.32. The lowest BCUT2D eigenvalue weighted by Gasteiger charge is -2.31. The number of ether oxygens (including phenoxy) is 1. The van der Waals surface area contributed by atoms with Gasteiger partial charge in [-0.25, -0.2) is 0 Å². The van der Waals surface area contributed by atoms with E-state index in [1.54, 1.807) is 0 Å². The van der Waals surface area contributed by atoms with E-state index in [1.165, 1.54) is 0 Å². The van der Waals surface area contributed by atoms with Crippen molar-refractivity contribution in [2.45, 2.75) is 70.4 Å². The van der Waals surface area contributed by atoms with Crippen LogP contribution in [0.25, 0.3) is 0 Å². The van der Waals surface area contributed by atoms with Crippen LogP contribution in [-0.2, 0) is 14.3 Å². The minimum absolute atomic E-state index is 0. The molecule has 0 heterocycles. The lowest BCUT2D eigenvalue weighted by Crippen LogP contribution is -2.44. The van der Waals surface area contributed by atoms with Crippen molar-refractivity contribution >= 4 is 24.3 Å². The molecule has 0 spiro atoms. The molecule has 0 bridgehead atoms. The summed E-state index contributed by atoms with van der Waals surface area (Å²) in [5.41, 5.74) is 5.94. The SMILES string of the molecule is CCOC(=O)C1CCC(NC(=O)C2CCCC(N)C2)CC1.Cl. The molecule has 2 aliphatic carbocycles. The Morgan fingerprint density at radius 2 is 1.77 bits per heavy atom. The Labute approximate surface area is 139 Å². The average Bonchev–Trinajstić information content (AvgIpc) is 2.48. The molecule has 0 radical (unpaired) electrons. The van der Waals surface area contributed by atoms with Gasteiger partial charge < -0.3 is 15.8 Å². The molecule has 0 saturated heterocycles. The molecule has 2 fully saturated rings. The van der Waals surface area contributed by atoms with E-state index in [2.05, 4.69) is 5.32 Å². The molecule has 5 nitrogen and oxygen atoms in total. The number of rotatable bonds is 4. The van der Waals surface area contributed by atoms with Gasteiger partial charge in [0.15, 0.2) is 0 Å². The number of halogens is 1. The molecule has 0 aromatic heterocycles. The van der Waals surface area contributed by atoms with Crippen molar-refractivity contribution in [3.63, 3.8) is 0 Å². The molecular formula is C16H29ClN2O3. The van der Waals surface area contributed by atoms with Crippen LogP contribution in [0.1, 0.15) is 58.3 Å². The highest BCUT2D eigenvalue weighted by molar-refractivity contribution is 5.85. The molecule has 128 valence electrons. The maximum Gasteiger partial charge on any atom is 0.308 e. The minimum atomic E-state index is -0.0828. The molecule has 2 saturated carbocycles. The number of amides is 1. The van der Waals surface area contributed by atoms with Gasteiger partial charge in [0, 0.05) is 18.0 Å². The van der Waals surface area contributed by atoms with Gasteiger partial charge in [-0.1, -0.05) is 6.42 Å². The van der Waals surface area contributed by atoms with E-state index in [-0.39, 0.29) is 48.2 Å². The van der Waals surface area contributed by atoms with Crippen LogP contribution in [0.5, 0.6) is 0 Å². The normalized spacial score (nSPS) is 31.7. The zero-order valence-corrected chi connectivity index (χ0v) is 14.2. The summed E-state index contributed by atoms with van der Waals surface area (Å²) < 4.78 is 5.06. The van der Waals surface area contributed by atoms with E-state index in [0.29, 0.717) is 6.61 Å². The number of nitrogens with two attached hydrogens (primary N) is 1. The van der Waals surface area contributed by atoms with Crippen LogP contribution in [0, 0.1) is 11.8 Å². The Kier molecular flexibility index (Phi) is 8.18. The molecule has 0 aliphatic heterocycles. The van der Waals surface area contributed by atoms with E-state index in [9.17, 15) is 9.59 Å². The number of hydrogen-bond donors (Lipinski definition) is 2. The van der Waals surface area contributed by atoms with Crippen molar-refractivity contribution in [2.75, 3.05) is 6.61 Å². The molecule has 2 aliphatic rings. The van der Waals surface area contributed by atoms with E-state index < -0.39 is 0 Å². The number of carbonyl (C=O) groups excluding carboxylic acids is 2.